The fraction of sp³-hybridized carbons (Fsp3) is 0.417. The molecular weight excluding hydrogens is 246 g/mol. The lowest BCUT2D eigenvalue weighted by Gasteiger charge is -2.07. The largest absolute Gasteiger partial charge is 0.497 e. The molecule has 0 saturated carbocycles. The van der Waals surface area contributed by atoms with Crippen LogP contribution in [0.1, 0.15) is 6.42 Å². The third-order valence-corrected chi connectivity index (χ3v) is 2.67. The Labute approximate surface area is 111 Å². The second-order valence-corrected chi connectivity index (χ2v) is 4.07. The Kier molecular flexibility index (Phi) is 4.30. The molecule has 2 N–H and O–H groups in total. The van der Waals surface area contributed by atoms with Gasteiger partial charge in [-0.1, -0.05) is 0 Å². The highest BCUT2D eigenvalue weighted by Crippen LogP contribution is 2.25. The standard InChI is InChI=1S/C12H17N5O2/c1-18-5-3-4-17-12(14-15-16-17)9-6-10(13)8-11(7-9)19-2/h6-8H,3-5,13H2,1-2H3. The molecule has 2 rings (SSSR count). The average Bonchev–Trinajstić information content (AvgIpc) is 2.86. The normalized spacial score (nSPS) is 10.6. The van der Waals surface area contributed by atoms with Gasteiger partial charge in [-0.15, -0.1) is 5.10 Å². The van der Waals surface area contributed by atoms with Gasteiger partial charge in [-0.25, -0.2) is 4.68 Å². The second kappa shape index (κ2) is 6.14. The van der Waals surface area contributed by atoms with E-state index in [1.807, 2.05) is 12.1 Å². The number of hydrogen-bond acceptors (Lipinski definition) is 6. The van der Waals surface area contributed by atoms with Gasteiger partial charge in [0, 0.05) is 37.6 Å². The van der Waals surface area contributed by atoms with E-state index < -0.39 is 0 Å². The number of rotatable bonds is 6. The van der Waals surface area contributed by atoms with Gasteiger partial charge in [0.25, 0.3) is 0 Å². The van der Waals surface area contributed by atoms with Crippen LogP contribution in [0.2, 0.25) is 0 Å². The van der Waals surface area contributed by atoms with E-state index in [0.29, 0.717) is 30.4 Å². The molecule has 1 aromatic carbocycles. The van der Waals surface area contributed by atoms with Crippen molar-refractivity contribution in [3.63, 3.8) is 0 Å². The summed E-state index contributed by atoms with van der Waals surface area (Å²) in [5, 5.41) is 11.7. The Morgan fingerprint density at radius 3 is 2.84 bits per heavy atom. The highest BCUT2D eigenvalue weighted by molar-refractivity contribution is 5.64. The van der Waals surface area contributed by atoms with Crippen molar-refractivity contribution in [2.45, 2.75) is 13.0 Å². The topological polar surface area (TPSA) is 88.1 Å². The lowest BCUT2D eigenvalue weighted by atomic mass is 10.1. The molecule has 0 spiro atoms. The maximum Gasteiger partial charge on any atom is 0.182 e. The van der Waals surface area contributed by atoms with Crippen molar-refractivity contribution >= 4 is 5.69 Å². The summed E-state index contributed by atoms with van der Waals surface area (Å²) in [5.74, 6) is 1.35. The number of nitrogens with zero attached hydrogens (tertiary/aromatic N) is 4. The summed E-state index contributed by atoms with van der Waals surface area (Å²) < 4.78 is 11.9. The summed E-state index contributed by atoms with van der Waals surface area (Å²) in [7, 11) is 3.27. The van der Waals surface area contributed by atoms with Crippen LogP contribution in [0.15, 0.2) is 18.2 Å². The predicted molar refractivity (Wildman–Crippen MR) is 70.7 cm³/mol. The lowest BCUT2D eigenvalue weighted by molar-refractivity contribution is 0.189. The van der Waals surface area contributed by atoms with E-state index >= 15 is 0 Å². The van der Waals surface area contributed by atoms with Crippen molar-refractivity contribution in [1.29, 1.82) is 0 Å². The molecule has 19 heavy (non-hydrogen) atoms. The van der Waals surface area contributed by atoms with Crippen LogP contribution < -0.4 is 10.5 Å². The van der Waals surface area contributed by atoms with E-state index in [4.69, 9.17) is 15.2 Å². The van der Waals surface area contributed by atoms with Gasteiger partial charge in [0.1, 0.15) is 5.75 Å². The molecule has 0 unspecified atom stereocenters. The van der Waals surface area contributed by atoms with E-state index in [1.54, 1.807) is 25.0 Å². The maximum absolute atomic E-state index is 5.83. The summed E-state index contributed by atoms with van der Waals surface area (Å²) in [5.41, 5.74) is 7.28. The fourth-order valence-electron chi connectivity index (χ4n) is 1.79. The molecule has 0 saturated heterocycles. The quantitative estimate of drug-likeness (QED) is 0.617. The van der Waals surface area contributed by atoms with Crippen LogP contribution in [0, 0.1) is 0 Å². The number of benzene rings is 1. The Bertz CT molecular complexity index is 541. The number of tetrazole rings is 1. The van der Waals surface area contributed by atoms with Crippen LogP contribution in [-0.4, -0.2) is 41.0 Å². The SMILES string of the molecule is COCCCn1nnnc1-c1cc(N)cc(OC)c1. The molecule has 0 aliphatic rings. The van der Waals surface area contributed by atoms with Gasteiger partial charge in [0.05, 0.1) is 7.11 Å². The lowest BCUT2D eigenvalue weighted by Crippen LogP contribution is -2.05. The van der Waals surface area contributed by atoms with E-state index in [2.05, 4.69) is 15.5 Å². The van der Waals surface area contributed by atoms with E-state index in [1.165, 1.54) is 0 Å². The third-order valence-electron chi connectivity index (χ3n) is 2.67. The van der Waals surface area contributed by atoms with Crippen molar-refractivity contribution in [3.8, 4) is 17.1 Å². The average molecular weight is 263 g/mol. The van der Waals surface area contributed by atoms with Crippen LogP contribution in [-0.2, 0) is 11.3 Å². The molecule has 0 bridgehead atoms. The first-order valence-electron chi connectivity index (χ1n) is 5.94. The maximum atomic E-state index is 5.83. The highest BCUT2D eigenvalue weighted by Gasteiger charge is 2.10. The zero-order valence-electron chi connectivity index (χ0n) is 11.0. The van der Waals surface area contributed by atoms with E-state index in [0.717, 1.165) is 12.0 Å². The molecule has 0 aliphatic carbocycles. The molecule has 0 radical (unpaired) electrons. The van der Waals surface area contributed by atoms with Crippen LogP contribution >= 0.6 is 0 Å². The molecular formula is C12H17N5O2. The van der Waals surface area contributed by atoms with E-state index in [-0.39, 0.29) is 0 Å². The van der Waals surface area contributed by atoms with Gasteiger partial charge < -0.3 is 15.2 Å². The summed E-state index contributed by atoms with van der Waals surface area (Å²) in [4.78, 5) is 0. The number of nitrogen functional groups attached to an aromatic ring is 1. The molecule has 0 atom stereocenters. The number of ether oxygens (including phenoxy) is 2. The molecule has 102 valence electrons. The van der Waals surface area contributed by atoms with Crippen LogP contribution in [0.5, 0.6) is 5.75 Å². The molecule has 0 fully saturated rings. The molecule has 0 amide bonds. The minimum Gasteiger partial charge on any atom is -0.497 e. The van der Waals surface area contributed by atoms with Crippen molar-refractivity contribution in [1.82, 2.24) is 20.2 Å². The van der Waals surface area contributed by atoms with Gasteiger partial charge in [-0.2, -0.15) is 0 Å². The Morgan fingerprint density at radius 1 is 1.26 bits per heavy atom. The first-order valence-corrected chi connectivity index (χ1v) is 5.94. The zero-order chi connectivity index (χ0) is 13.7. The molecule has 7 heteroatoms. The smallest absolute Gasteiger partial charge is 0.182 e. The first kappa shape index (κ1) is 13.3. The third kappa shape index (κ3) is 3.19. The Balaban J connectivity index is 2.26. The van der Waals surface area contributed by atoms with Gasteiger partial charge in [-0.05, 0) is 29.0 Å². The van der Waals surface area contributed by atoms with E-state index in [9.17, 15) is 0 Å². The minimum atomic E-state index is 0.612. The Hall–Kier alpha value is -2.15. The highest BCUT2D eigenvalue weighted by atomic mass is 16.5. The molecule has 0 aliphatic heterocycles. The van der Waals surface area contributed by atoms with Gasteiger partial charge >= 0.3 is 0 Å². The van der Waals surface area contributed by atoms with Gasteiger partial charge in [0.2, 0.25) is 0 Å². The summed E-state index contributed by atoms with van der Waals surface area (Å²) in [6.45, 7) is 1.35. The van der Waals surface area contributed by atoms with Crippen molar-refractivity contribution in [2.24, 2.45) is 0 Å². The minimum absolute atomic E-state index is 0.612. The monoisotopic (exact) mass is 263 g/mol. The second-order valence-electron chi connectivity index (χ2n) is 4.07. The summed E-state index contributed by atoms with van der Waals surface area (Å²) >= 11 is 0. The van der Waals surface area contributed by atoms with Crippen LogP contribution in [0.25, 0.3) is 11.4 Å². The van der Waals surface area contributed by atoms with Crippen LogP contribution in [0.3, 0.4) is 0 Å². The predicted octanol–water partition coefficient (Wildman–Crippen LogP) is 0.967. The molecule has 1 aromatic heterocycles. The first-order chi connectivity index (χ1) is 9.24. The number of hydrogen-bond donors (Lipinski definition) is 1. The van der Waals surface area contributed by atoms with Gasteiger partial charge in [-0.3, -0.25) is 0 Å². The van der Waals surface area contributed by atoms with Crippen molar-refractivity contribution in [3.05, 3.63) is 18.2 Å². The summed E-state index contributed by atoms with van der Waals surface area (Å²) in [6.07, 6.45) is 0.841. The zero-order valence-corrected chi connectivity index (χ0v) is 11.0. The van der Waals surface area contributed by atoms with Crippen molar-refractivity contribution < 1.29 is 9.47 Å². The molecule has 7 nitrogen and oxygen atoms in total. The number of methoxy groups -OCH3 is 2. The fourth-order valence-corrected chi connectivity index (χ4v) is 1.79. The number of nitrogens with two attached hydrogens (primary N) is 1. The number of anilines is 1. The Morgan fingerprint density at radius 2 is 2.11 bits per heavy atom. The van der Waals surface area contributed by atoms with Crippen LogP contribution in [0.4, 0.5) is 5.69 Å². The number of aryl methyl sites for hydroxylation is 1. The number of aromatic nitrogens is 4. The summed E-state index contributed by atoms with van der Waals surface area (Å²) in [6, 6.07) is 5.43. The molecule has 2 aromatic rings. The van der Waals surface area contributed by atoms with Crippen molar-refractivity contribution in [2.75, 3.05) is 26.6 Å². The molecule has 1 heterocycles. The van der Waals surface area contributed by atoms with Gasteiger partial charge in [0.15, 0.2) is 5.82 Å².